The zero-order chi connectivity index (χ0) is 11.8. The van der Waals surface area contributed by atoms with Gasteiger partial charge in [-0.2, -0.15) is 0 Å². The second kappa shape index (κ2) is 3.91. The van der Waals surface area contributed by atoms with Crippen molar-refractivity contribution >= 4 is 5.97 Å². The third kappa shape index (κ3) is 1.83. The molecule has 0 radical (unpaired) electrons. The summed E-state index contributed by atoms with van der Waals surface area (Å²) in [6.45, 7) is 3.43. The van der Waals surface area contributed by atoms with Crippen LogP contribution in [0.5, 0.6) is 0 Å². The monoisotopic (exact) mass is 220 g/mol. The number of aliphatic hydroxyl groups is 1. The Labute approximate surface area is 95.0 Å². The molecular formula is C13H16O3. The highest BCUT2D eigenvalue weighted by molar-refractivity contribution is 5.79. The van der Waals surface area contributed by atoms with Gasteiger partial charge in [-0.1, -0.05) is 30.3 Å². The minimum atomic E-state index is -0.792. The van der Waals surface area contributed by atoms with E-state index in [4.69, 9.17) is 4.74 Å². The van der Waals surface area contributed by atoms with Gasteiger partial charge >= 0.3 is 5.97 Å². The largest absolute Gasteiger partial charge is 0.459 e. The van der Waals surface area contributed by atoms with E-state index in [1.165, 1.54) is 0 Å². The molecule has 1 heterocycles. The van der Waals surface area contributed by atoms with Gasteiger partial charge in [0.25, 0.3) is 0 Å². The predicted octanol–water partition coefficient (Wildman–Crippen LogP) is 1.54. The Morgan fingerprint density at radius 1 is 1.31 bits per heavy atom. The number of aliphatic hydroxyl groups excluding tert-OH is 1. The molecule has 1 aromatic rings. The van der Waals surface area contributed by atoms with Crippen molar-refractivity contribution in [3.8, 4) is 0 Å². The van der Waals surface area contributed by atoms with Gasteiger partial charge in [-0.05, 0) is 19.4 Å². The number of cyclic esters (lactones) is 1. The molecule has 3 heteroatoms. The molecule has 86 valence electrons. The Morgan fingerprint density at radius 2 is 1.94 bits per heavy atom. The normalized spacial score (nSPS) is 27.8. The average Bonchev–Trinajstić information content (AvgIpc) is 2.45. The molecule has 1 fully saturated rings. The van der Waals surface area contributed by atoms with Crippen LogP contribution < -0.4 is 0 Å². The van der Waals surface area contributed by atoms with Gasteiger partial charge in [0.15, 0.2) is 0 Å². The molecule has 1 N–H and O–H groups in total. The van der Waals surface area contributed by atoms with Gasteiger partial charge in [-0.25, -0.2) is 0 Å². The zero-order valence-electron chi connectivity index (χ0n) is 9.51. The molecule has 0 aromatic heterocycles. The van der Waals surface area contributed by atoms with Crippen LogP contribution in [0.3, 0.4) is 0 Å². The summed E-state index contributed by atoms with van der Waals surface area (Å²) in [4.78, 5) is 11.5. The quantitative estimate of drug-likeness (QED) is 0.769. The first kappa shape index (κ1) is 11.1. The zero-order valence-corrected chi connectivity index (χ0v) is 9.51. The van der Waals surface area contributed by atoms with Crippen LogP contribution in [-0.2, 0) is 16.0 Å². The first-order valence-corrected chi connectivity index (χ1v) is 5.45. The van der Waals surface area contributed by atoms with Crippen molar-refractivity contribution in [1.82, 2.24) is 0 Å². The summed E-state index contributed by atoms with van der Waals surface area (Å²) in [5, 5.41) is 10.0. The molecule has 1 aromatic carbocycles. The number of hydrogen-bond donors (Lipinski definition) is 1. The van der Waals surface area contributed by atoms with Crippen molar-refractivity contribution < 1.29 is 14.6 Å². The lowest BCUT2D eigenvalue weighted by molar-refractivity contribution is -0.147. The summed E-state index contributed by atoms with van der Waals surface area (Å²) in [7, 11) is 0. The summed E-state index contributed by atoms with van der Waals surface area (Å²) in [5.41, 5.74) is 0.274. The Balaban J connectivity index is 2.11. The summed E-state index contributed by atoms with van der Waals surface area (Å²) < 4.78 is 5.20. The van der Waals surface area contributed by atoms with Gasteiger partial charge < -0.3 is 9.84 Å². The second-order valence-corrected chi connectivity index (χ2v) is 4.80. The summed E-state index contributed by atoms with van der Waals surface area (Å²) in [5.74, 6) is -0.319. The Kier molecular flexibility index (Phi) is 2.72. The van der Waals surface area contributed by atoms with E-state index < -0.39 is 17.6 Å². The maximum Gasteiger partial charge on any atom is 0.314 e. The molecule has 0 spiro atoms. The summed E-state index contributed by atoms with van der Waals surface area (Å²) in [6, 6.07) is 9.73. The number of ether oxygens (including phenoxy) is 1. The van der Waals surface area contributed by atoms with Crippen molar-refractivity contribution in [3.63, 3.8) is 0 Å². The topological polar surface area (TPSA) is 46.5 Å². The van der Waals surface area contributed by atoms with Crippen LogP contribution in [0, 0.1) is 5.41 Å². The van der Waals surface area contributed by atoms with Crippen molar-refractivity contribution in [2.45, 2.75) is 32.5 Å². The van der Waals surface area contributed by atoms with E-state index in [2.05, 4.69) is 0 Å². The second-order valence-electron chi connectivity index (χ2n) is 4.80. The van der Waals surface area contributed by atoms with Crippen LogP contribution in [0.4, 0.5) is 0 Å². The van der Waals surface area contributed by atoms with Crippen LogP contribution >= 0.6 is 0 Å². The van der Waals surface area contributed by atoms with Crippen LogP contribution in [0.15, 0.2) is 30.3 Å². The van der Waals surface area contributed by atoms with E-state index in [1.807, 2.05) is 30.3 Å². The van der Waals surface area contributed by atoms with Crippen molar-refractivity contribution in [2.24, 2.45) is 5.41 Å². The highest BCUT2D eigenvalue weighted by Crippen LogP contribution is 2.34. The van der Waals surface area contributed by atoms with Crippen molar-refractivity contribution in [3.05, 3.63) is 35.9 Å². The van der Waals surface area contributed by atoms with Gasteiger partial charge in [0, 0.05) is 6.42 Å². The molecule has 1 aliphatic rings. The third-order valence-electron chi connectivity index (χ3n) is 3.16. The van der Waals surface area contributed by atoms with Gasteiger partial charge in [-0.15, -0.1) is 0 Å². The maximum atomic E-state index is 11.5. The molecule has 0 amide bonds. The predicted molar refractivity (Wildman–Crippen MR) is 59.8 cm³/mol. The molecule has 0 unspecified atom stereocenters. The fourth-order valence-corrected chi connectivity index (χ4v) is 1.94. The molecule has 0 aliphatic carbocycles. The molecular weight excluding hydrogens is 204 g/mol. The van der Waals surface area contributed by atoms with Gasteiger partial charge in [0.1, 0.15) is 12.2 Å². The number of benzene rings is 1. The van der Waals surface area contributed by atoms with E-state index in [-0.39, 0.29) is 5.97 Å². The summed E-state index contributed by atoms with van der Waals surface area (Å²) >= 11 is 0. The van der Waals surface area contributed by atoms with Crippen LogP contribution in [0.25, 0.3) is 0 Å². The fraction of sp³-hybridized carbons (Fsp3) is 0.462. The minimum Gasteiger partial charge on any atom is -0.459 e. The fourth-order valence-electron chi connectivity index (χ4n) is 1.94. The number of esters is 1. The lowest BCUT2D eigenvalue weighted by Crippen LogP contribution is -2.34. The molecule has 1 aliphatic heterocycles. The van der Waals surface area contributed by atoms with E-state index >= 15 is 0 Å². The average molecular weight is 220 g/mol. The van der Waals surface area contributed by atoms with E-state index in [9.17, 15) is 9.90 Å². The third-order valence-corrected chi connectivity index (χ3v) is 3.16. The smallest absolute Gasteiger partial charge is 0.314 e. The van der Waals surface area contributed by atoms with Gasteiger partial charge in [-0.3, -0.25) is 4.79 Å². The number of carbonyl (C=O) groups is 1. The first-order chi connectivity index (χ1) is 7.51. The molecule has 2 atom stereocenters. The highest BCUT2D eigenvalue weighted by atomic mass is 16.6. The first-order valence-electron chi connectivity index (χ1n) is 5.45. The van der Waals surface area contributed by atoms with Crippen molar-refractivity contribution in [2.75, 3.05) is 0 Å². The molecule has 16 heavy (non-hydrogen) atoms. The molecule has 0 bridgehead atoms. The Morgan fingerprint density at radius 3 is 2.44 bits per heavy atom. The highest BCUT2D eigenvalue weighted by Gasteiger charge is 2.50. The standard InChI is InChI=1S/C13H16O3/c1-13(2)11(14)10(16-12(13)15)8-9-6-4-3-5-7-9/h3-7,10-11,14H,8H2,1-2H3/t10-,11+/m1/s1. The van der Waals surface area contributed by atoms with Crippen molar-refractivity contribution in [1.29, 1.82) is 0 Å². The lowest BCUT2D eigenvalue weighted by atomic mass is 9.85. The van der Waals surface area contributed by atoms with Crippen LogP contribution in [0.2, 0.25) is 0 Å². The molecule has 2 rings (SSSR count). The van der Waals surface area contributed by atoms with E-state index in [0.717, 1.165) is 5.56 Å². The molecule has 0 saturated carbocycles. The SMILES string of the molecule is CC1(C)C(=O)O[C@H](Cc2ccccc2)[C@@H]1O. The van der Waals surface area contributed by atoms with Crippen LogP contribution in [0.1, 0.15) is 19.4 Å². The van der Waals surface area contributed by atoms with Crippen LogP contribution in [-0.4, -0.2) is 23.3 Å². The van der Waals surface area contributed by atoms with Gasteiger partial charge in [0.2, 0.25) is 0 Å². The Bertz CT molecular complexity index is 383. The summed E-state index contributed by atoms with van der Waals surface area (Å²) in [6.07, 6.45) is -0.595. The maximum absolute atomic E-state index is 11.5. The molecule has 1 saturated heterocycles. The lowest BCUT2D eigenvalue weighted by Gasteiger charge is -2.19. The number of hydrogen-bond acceptors (Lipinski definition) is 3. The van der Waals surface area contributed by atoms with E-state index in [1.54, 1.807) is 13.8 Å². The Hall–Kier alpha value is -1.35. The number of carbonyl (C=O) groups excluding carboxylic acids is 1. The van der Waals surface area contributed by atoms with Gasteiger partial charge in [0.05, 0.1) is 5.41 Å². The molecule has 3 nitrogen and oxygen atoms in total. The number of rotatable bonds is 2. The minimum absolute atomic E-state index is 0.319. The van der Waals surface area contributed by atoms with E-state index in [0.29, 0.717) is 6.42 Å².